The third kappa shape index (κ3) is 9.58. The summed E-state index contributed by atoms with van der Waals surface area (Å²) in [6.45, 7) is 18.4. The van der Waals surface area contributed by atoms with E-state index >= 15 is 0 Å². The van der Waals surface area contributed by atoms with Crippen LogP contribution in [0.3, 0.4) is 0 Å². The van der Waals surface area contributed by atoms with E-state index < -0.39 is 21.3 Å². The third-order valence-electron chi connectivity index (χ3n) is 9.09. The van der Waals surface area contributed by atoms with Crippen LogP contribution in [-0.2, 0) is 21.4 Å². The number of allylic oxidation sites excluding steroid dienone is 4. The molecule has 0 aromatic heterocycles. The van der Waals surface area contributed by atoms with Crippen molar-refractivity contribution < 1.29 is 33.7 Å². The van der Waals surface area contributed by atoms with E-state index in [9.17, 15) is 19.5 Å². The van der Waals surface area contributed by atoms with E-state index in [1.807, 2.05) is 70.2 Å². The molecule has 0 bridgehead atoms. The molecule has 0 saturated heterocycles. The molecular formula is C43H49IO7. The van der Waals surface area contributed by atoms with Gasteiger partial charge in [-0.1, -0.05) is 99.5 Å². The van der Waals surface area contributed by atoms with E-state index in [-0.39, 0.29) is 18.6 Å². The van der Waals surface area contributed by atoms with Crippen molar-refractivity contribution >= 4 is 60.1 Å². The molecule has 7 nitrogen and oxygen atoms in total. The predicted molar refractivity (Wildman–Crippen MR) is 214 cm³/mol. The van der Waals surface area contributed by atoms with Gasteiger partial charge in [-0.2, -0.15) is 0 Å². The number of phenolic OH excluding ortho intramolecular Hbond substituents is 1. The van der Waals surface area contributed by atoms with E-state index in [0.717, 1.165) is 17.6 Å². The molecule has 0 aliphatic carbocycles. The topological polar surface area (TPSA) is 99.1 Å². The fourth-order valence-electron chi connectivity index (χ4n) is 6.68. The number of benzene rings is 4. The molecule has 0 spiro atoms. The number of fused-ring (bicyclic) bond motifs is 2. The molecule has 51 heavy (non-hydrogen) atoms. The molecule has 0 aliphatic heterocycles. The molecule has 0 fully saturated rings. The Morgan fingerprint density at radius 3 is 1.76 bits per heavy atom. The Balaban J connectivity index is 1.65. The highest BCUT2D eigenvalue weighted by atomic mass is 127. The Morgan fingerprint density at radius 1 is 0.765 bits per heavy atom. The molecule has 270 valence electrons. The standard InChI is InChI=1S/C43H49IO7/c1-25(2)18-19-30-28(6)39(32-15-11-10-14-31(32)38(30)47)49-35(45)20-21-36(46)50-40-29(7)37(43(8,9)23-22-27(5)24-26(3)4)41(51-42(44)48)34-17-13-12-16-33(34)40/h10-18,22,26,47H,19-21,23-24H2,1-9H3/b27-22+. The summed E-state index contributed by atoms with van der Waals surface area (Å²) in [7, 11) is 0. The van der Waals surface area contributed by atoms with Gasteiger partial charge in [0.1, 0.15) is 23.0 Å². The number of esters is 2. The van der Waals surface area contributed by atoms with Crippen LogP contribution in [0.1, 0.15) is 96.4 Å². The number of hydrogen-bond donors (Lipinski definition) is 1. The maximum atomic E-state index is 13.5. The number of halogens is 1. The SMILES string of the molecule is CC(C)=CCc1c(C)c(OC(=O)CCC(=O)Oc2c(C)c(C(C)(C)C/C=C(\C)CC(C)C)c(OC(=O)I)c3ccccc23)c2ccccc2c1O. The van der Waals surface area contributed by atoms with Gasteiger partial charge >= 0.3 is 15.9 Å². The minimum Gasteiger partial charge on any atom is -0.507 e. The molecule has 0 heterocycles. The van der Waals surface area contributed by atoms with Gasteiger partial charge in [0.2, 0.25) is 0 Å². The average Bonchev–Trinajstić information content (AvgIpc) is 3.06. The molecule has 0 radical (unpaired) electrons. The smallest absolute Gasteiger partial charge is 0.372 e. The largest absolute Gasteiger partial charge is 0.507 e. The monoisotopic (exact) mass is 804 g/mol. The normalized spacial score (nSPS) is 11.9. The van der Waals surface area contributed by atoms with Gasteiger partial charge in [0.15, 0.2) is 0 Å². The second-order valence-corrected chi connectivity index (χ2v) is 15.4. The van der Waals surface area contributed by atoms with Crippen molar-refractivity contribution in [3.05, 3.63) is 94.1 Å². The quantitative estimate of drug-likeness (QED) is 0.0472. The number of carbonyl (C=O) groups is 3. The summed E-state index contributed by atoms with van der Waals surface area (Å²) in [4.78, 5) is 39.1. The summed E-state index contributed by atoms with van der Waals surface area (Å²) in [5.41, 5.74) is 4.70. The van der Waals surface area contributed by atoms with Gasteiger partial charge < -0.3 is 19.3 Å². The summed E-state index contributed by atoms with van der Waals surface area (Å²) >= 11 is 1.63. The number of ether oxygens (including phenoxy) is 3. The minimum absolute atomic E-state index is 0.162. The summed E-state index contributed by atoms with van der Waals surface area (Å²) < 4.78 is 17.4. The van der Waals surface area contributed by atoms with Gasteiger partial charge in [-0.3, -0.25) is 9.59 Å². The Morgan fingerprint density at radius 2 is 1.25 bits per heavy atom. The highest BCUT2D eigenvalue weighted by Gasteiger charge is 2.32. The molecule has 4 aromatic carbocycles. The van der Waals surface area contributed by atoms with Crippen LogP contribution in [0.2, 0.25) is 0 Å². The van der Waals surface area contributed by atoms with Crippen LogP contribution in [0.15, 0.2) is 71.8 Å². The summed E-state index contributed by atoms with van der Waals surface area (Å²) in [5, 5.41) is 13.6. The lowest BCUT2D eigenvalue weighted by molar-refractivity contribution is -0.140. The van der Waals surface area contributed by atoms with Crippen molar-refractivity contribution in [3.63, 3.8) is 0 Å². The second-order valence-electron chi connectivity index (χ2n) is 14.5. The number of phenols is 1. The summed E-state index contributed by atoms with van der Waals surface area (Å²) in [6, 6.07) is 14.6. The fraction of sp³-hybridized carbons (Fsp3) is 0.372. The predicted octanol–water partition coefficient (Wildman–Crippen LogP) is 11.7. The Bertz CT molecular complexity index is 2030. The number of rotatable bonds is 13. The first-order valence-corrected chi connectivity index (χ1v) is 18.5. The Labute approximate surface area is 315 Å². The van der Waals surface area contributed by atoms with Crippen molar-refractivity contribution in [3.8, 4) is 23.0 Å². The van der Waals surface area contributed by atoms with Crippen molar-refractivity contribution in [2.75, 3.05) is 0 Å². The highest BCUT2D eigenvalue weighted by Crippen LogP contribution is 2.48. The van der Waals surface area contributed by atoms with E-state index in [0.29, 0.717) is 74.2 Å². The van der Waals surface area contributed by atoms with Crippen LogP contribution in [0.5, 0.6) is 23.0 Å². The lowest BCUT2D eigenvalue weighted by Crippen LogP contribution is -2.22. The van der Waals surface area contributed by atoms with Crippen LogP contribution in [0.25, 0.3) is 21.5 Å². The van der Waals surface area contributed by atoms with Crippen molar-refractivity contribution in [2.45, 2.75) is 99.8 Å². The van der Waals surface area contributed by atoms with Crippen LogP contribution >= 0.6 is 22.6 Å². The van der Waals surface area contributed by atoms with Crippen LogP contribution in [0.4, 0.5) is 4.79 Å². The number of carbonyl (C=O) groups excluding carboxylic acids is 3. The zero-order valence-corrected chi connectivity index (χ0v) is 33.3. The zero-order valence-electron chi connectivity index (χ0n) is 31.2. The first-order valence-electron chi connectivity index (χ1n) is 17.4. The first kappa shape index (κ1) is 39.6. The maximum absolute atomic E-state index is 13.5. The molecule has 4 rings (SSSR count). The molecule has 0 amide bonds. The Kier molecular flexibility index (Phi) is 13.1. The van der Waals surface area contributed by atoms with Gasteiger partial charge in [0.05, 0.1) is 35.4 Å². The minimum atomic E-state index is -0.591. The first-order chi connectivity index (χ1) is 24.0. The highest BCUT2D eigenvalue weighted by molar-refractivity contribution is 14.1. The number of aromatic hydroxyl groups is 1. The van der Waals surface area contributed by atoms with Crippen molar-refractivity contribution in [1.29, 1.82) is 0 Å². The van der Waals surface area contributed by atoms with Crippen LogP contribution < -0.4 is 14.2 Å². The van der Waals surface area contributed by atoms with Gasteiger partial charge in [-0.25, -0.2) is 4.79 Å². The van der Waals surface area contributed by atoms with Crippen molar-refractivity contribution in [2.24, 2.45) is 5.92 Å². The zero-order chi connectivity index (χ0) is 37.6. The summed E-state index contributed by atoms with van der Waals surface area (Å²) in [5.74, 6) is 0.696. The van der Waals surface area contributed by atoms with E-state index in [1.165, 1.54) is 5.57 Å². The fourth-order valence-corrected chi connectivity index (χ4v) is 6.90. The molecule has 0 saturated carbocycles. The van der Waals surface area contributed by atoms with Gasteiger partial charge in [0.25, 0.3) is 0 Å². The van der Waals surface area contributed by atoms with Crippen molar-refractivity contribution in [1.82, 2.24) is 0 Å². The van der Waals surface area contributed by atoms with Crippen LogP contribution in [0, 0.1) is 19.8 Å². The molecule has 0 unspecified atom stereocenters. The average molecular weight is 805 g/mol. The third-order valence-corrected chi connectivity index (χ3v) is 9.31. The molecule has 0 atom stereocenters. The Hall–Kier alpha value is -4.18. The maximum Gasteiger partial charge on any atom is 0.372 e. The molecule has 4 aromatic rings. The molecule has 8 heteroatoms. The van der Waals surface area contributed by atoms with E-state index in [1.54, 1.807) is 34.7 Å². The van der Waals surface area contributed by atoms with Gasteiger partial charge in [0, 0.05) is 32.7 Å². The van der Waals surface area contributed by atoms with Gasteiger partial charge in [-0.15, -0.1) is 0 Å². The lowest BCUT2D eigenvalue weighted by Gasteiger charge is -2.30. The van der Waals surface area contributed by atoms with E-state index in [4.69, 9.17) is 14.2 Å². The molecular weight excluding hydrogens is 755 g/mol. The molecule has 0 aliphatic rings. The van der Waals surface area contributed by atoms with Crippen LogP contribution in [-0.4, -0.2) is 21.0 Å². The molecule has 1 N–H and O–H groups in total. The van der Waals surface area contributed by atoms with Gasteiger partial charge in [-0.05, 0) is 76.3 Å². The number of hydrogen-bond acceptors (Lipinski definition) is 7. The lowest BCUT2D eigenvalue weighted by atomic mass is 9.76. The summed E-state index contributed by atoms with van der Waals surface area (Å²) in [6.07, 6.45) is 5.95. The van der Waals surface area contributed by atoms with E-state index in [2.05, 4.69) is 40.7 Å². The second kappa shape index (κ2) is 16.9.